The molecule has 0 radical (unpaired) electrons. The monoisotopic (exact) mass is 409 g/mol. The number of hydrogen-bond acceptors (Lipinski definition) is 3. The number of methoxy groups -OCH3 is 1. The summed E-state index contributed by atoms with van der Waals surface area (Å²) in [7, 11) is -2.60. The molecule has 0 aliphatic heterocycles. The number of ether oxygens (including phenoxy) is 1. The molecule has 23 heavy (non-hydrogen) atoms. The summed E-state index contributed by atoms with van der Waals surface area (Å²) in [6.07, 6.45) is -4.55. The van der Waals surface area contributed by atoms with E-state index in [0.29, 0.717) is 10.2 Å². The van der Waals surface area contributed by atoms with Crippen LogP contribution in [0.2, 0.25) is 0 Å². The first-order chi connectivity index (χ1) is 10.6. The Morgan fingerprint density at radius 1 is 1.13 bits per heavy atom. The van der Waals surface area contributed by atoms with Crippen molar-refractivity contribution in [1.82, 2.24) is 0 Å². The van der Waals surface area contributed by atoms with Crippen molar-refractivity contribution in [3.05, 3.63) is 52.5 Å². The van der Waals surface area contributed by atoms with E-state index in [1.807, 2.05) is 0 Å². The molecule has 2 aromatic rings. The summed E-state index contributed by atoms with van der Waals surface area (Å²) in [6, 6.07) is 7.99. The Bertz CT molecular complexity index is 822. The van der Waals surface area contributed by atoms with Gasteiger partial charge in [-0.05, 0) is 52.3 Å². The van der Waals surface area contributed by atoms with Gasteiger partial charge in [0.2, 0.25) is 0 Å². The summed E-state index contributed by atoms with van der Waals surface area (Å²) in [6.45, 7) is 0. The van der Waals surface area contributed by atoms with Crippen LogP contribution < -0.4 is 9.46 Å². The van der Waals surface area contributed by atoms with Crippen LogP contribution in [0.25, 0.3) is 0 Å². The molecule has 0 unspecified atom stereocenters. The van der Waals surface area contributed by atoms with Gasteiger partial charge < -0.3 is 4.74 Å². The Morgan fingerprint density at radius 2 is 1.83 bits per heavy atom. The summed E-state index contributed by atoms with van der Waals surface area (Å²) in [4.78, 5) is -0.109. The molecular weight excluding hydrogens is 399 g/mol. The molecule has 0 bridgehead atoms. The maximum absolute atomic E-state index is 12.7. The molecule has 2 rings (SSSR count). The molecule has 0 heterocycles. The van der Waals surface area contributed by atoms with Crippen LogP contribution in [0.3, 0.4) is 0 Å². The number of hydrogen-bond donors (Lipinski definition) is 1. The SMILES string of the molecule is COc1ccc(S(=O)(=O)Nc2cccc(C(F)(F)F)c2)cc1Br. The van der Waals surface area contributed by atoms with Gasteiger partial charge in [-0.1, -0.05) is 6.07 Å². The van der Waals surface area contributed by atoms with Gasteiger partial charge in [-0.15, -0.1) is 0 Å². The zero-order valence-corrected chi connectivity index (χ0v) is 14.1. The fourth-order valence-corrected chi connectivity index (χ4v) is 3.55. The number of nitrogens with one attached hydrogen (secondary N) is 1. The minimum Gasteiger partial charge on any atom is -0.496 e. The molecular formula is C14H11BrF3NO3S. The van der Waals surface area contributed by atoms with Crippen molar-refractivity contribution in [3.8, 4) is 5.75 Å². The number of rotatable bonds is 4. The number of benzene rings is 2. The molecule has 9 heteroatoms. The van der Waals surface area contributed by atoms with E-state index in [1.54, 1.807) is 0 Å². The standard InChI is InChI=1S/C14H11BrF3NO3S/c1-22-13-6-5-11(8-12(13)15)23(20,21)19-10-4-2-3-9(7-10)14(16,17)18/h2-8,19H,1H3. The zero-order valence-electron chi connectivity index (χ0n) is 11.7. The van der Waals surface area contributed by atoms with Crippen molar-refractivity contribution in [1.29, 1.82) is 0 Å². The maximum Gasteiger partial charge on any atom is 0.416 e. The van der Waals surface area contributed by atoms with E-state index in [4.69, 9.17) is 4.74 Å². The van der Waals surface area contributed by atoms with Gasteiger partial charge in [0.05, 0.1) is 22.0 Å². The molecule has 0 spiro atoms. The van der Waals surface area contributed by atoms with Gasteiger partial charge in [0, 0.05) is 5.69 Å². The first-order valence-corrected chi connectivity index (χ1v) is 8.45. The fourth-order valence-electron chi connectivity index (χ4n) is 1.79. The quantitative estimate of drug-likeness (QED) is 0.819. The van der Waals surface area contributed by atoms with Crippen LogP contribution in [0.1, 0.15) is 5.56 Å². The van der Waals surface area contributed by atoms with E-state index in [2.05, 4.69) is 20.7 Å². The van der Waals surface area contributed by atoms with E-state index in [-0.39, 0.29) is 10.6 Å². The fraction of sp³-hybridized carbons (Fsp3) is 0.143. The van der Waals surface area contributed by atoms with Crippen LogP contribution in [0, 0.1) is 0 Å². The molecule has 0 aliphatic carbocycles. The maximum atomic E-state index is 12.7. The third-order valence-corrected chi connectivity index (χ3v) is 4.87. The number of sulfonamides is 1. The van der Waals surface area contributed by atoms with E-state index < -0.39 is 21.8 Å². The molecule has 1 N–H and O–H groups in total. The lowest BCUT2D eigenvalue weighted by Crippen LogP contribution is -2.14. The zero-order chi connectivity index (χ0) is 17.3. The molecule has 124 valence electrons. The molecule has 0 saturated carbocycles. The highest BCUT2D eigenvalue weighted by atomic mass is 79.9. The Balaban J connectivity index is 2.33. The van der Waals surface area contributed by atoms with Gasteiger partial charge in [-0.3, -0.25) is 4.72 Å². The molecule has 0 fully saturated rings. The lowest BCUT2D eigenvalue weighted by atomic mass is 10.2. The second-order valence-corrected chi connectivity index (χ2v) is 7.02. The van der Waals surface area contributed by atoms with Crippen molar-refractivity contribution < 1.29 is 26.3 Å². The summed E-state index contributed by atoms with van der Waals surface area (Å²) >= 11 is 3.16. The minimum atomic E-state index is -4.55. The van der Waals surface area contributed by atoms with Gasteiger partial charge in [0.15, 0.2) is 0 Å². The van der Waals surface area contributed by atoms with E-state index in [0.717, 1.165) is 18.2 Å². The normalized spacial score (nSPS) is 12.0. The smallest absolute Gasteiger partial charge is 0.416 e. The lowest BCUT2D eigenvalue weighted by molar-refractivity contribution is -0.137. The third-order valence-electron chi connectivity index (χ3n) is 2.88. The van der Waals surface area contributed by atoms with Crippen molar-refractivity contribution >= 4 is 31.6 Å². The lowest BCUT2D eigenvalue weighted by Gasteiger charge is -2.12. The highest BCUT2D eigenvalue weighted by Gasteiger charge is 2.30. The van der Waals surface area contributed by atoms with Crippen LogP contribution in [-0.2, 0) is 16.2 Å². The third kappa shape index (κ3) is 4.17. The number of alkyl halides is 3. The Hall–Kier alpha value is -1.74. The average molecular weight is 410 g/mol. The van der Waals surface area contributed by atoms with Crippen molar-refractivity contribution in [2.45, 2.75) is 11.1 Å². The van der Waals surface area contributed by atoms with Gasteiger partial charge in [0.1, 0.15) is 5.75 Å². The predicted octanol–water partition coefficient (Wildman–Crippen LogP) is 4.28. The van der Waals surface area contributed by atoms with Crippen molar-refractivity contribution in [3.63, 3.8) is 0 Å². The second-order valence-electron chi connectivity index (χ2n) is 4.48. The second kappa shape index (κ2) is 6.40. The minimum absolute atomic E-state index is 0.109. The van der Waals surface area contributed by atoms with Crippen LogP contribution in [-0.4, -0.2) is 15.5 Å². The first-order valence-electron chi connectivity index (χ1n) is 6.17. The van der Waals surface area contributed by atoms with Crippen LogP contribution in [0.4, 0.5) is 18.9 Å². The molecule has 0 atom stereocenters. The summed E-state index contributed by atoms with van der Waals surface area (Å²) in [5.74, 6) is 0.433. The van der Waals surface area contributed by atoms with Crippen LogP contribution in [0.15, 0.2) is 51.8 Å². The highest BCUT2D eigenvalue weighted by molar-refractivity contribution is 9.10. The average Bonchev–Trinajstić information content (AvgIpc) is 2.46. The Kier molecular flexibility index (Phi) is 4.90. The molecule has 0 amide bonds. The van der Waals surface area contributed by atoms with E-state index >= 15 is 0 Å². The first kappa shape index (κ1) is 17.6. The van der Waals surface area contributed by atoms with Crippen molar-refractivity contribution in [2.24, 2.45) is 0 Å². The number of halogens is 4. The summed E-state index contributed by atoms with van der Waals surface area (Å²) < 4.78 is 70.0. The molecule has 4 nitrogen and oxygen atoms in total. The topological polar surface area (TPSA) is 55.4 Å². The number of anilines is 1. The van der Waals surface area contributed by atoms with Crippen LogP contribution in [0.5, 0.6) is 5.75 Å². The van der Waals surface area contributed by atoms with Gasteiger partial charge in [0.25, 0.3) is 10.0 Å². The summed E-state index contributed by atoms with van der Waals surface area (Å²) in [5.41, 5.74) is -1.11. The van der Waals surface area contributed by atoms with Crippen molar-refractivity contribution in [2.75, 3.05) is 11.8 Å². The Labute approximate surface area is 139 Å². The molecule has 0 aromatic heterocycles. The van der Waals surface area contributed by atoms with Gasteiger partial charge >= 0.3 is 6.18 Å². The highest BCUT2D eigenvalue weighted by Crippen LogP contribution is 2.32. The van der Waals surface area contributed by atoms with Gasteiger partial charge in [-0.2, -0.15) is 13.2 Å². The molecule has 0 saturated heterocycles. The van der Waals surface area contributed by atoms with Gasteiger partial charge in [-0.25, -0.2) is 8.42 Å². The Morgan fingerprint density at radius 3 is 2.39 bits per heavy atom. The van der Waals surface area contributed by atoms with E-state index in [1.165, 1.54) is 31.4 Å². The largest absolute Gasteiger partial charge is 0.496 e. The van der Waals surface area contributed by atoms with E-state index in [9.17, 15) is 21.6 Å². The van der Waals surface area contributed by atoms with Crippen LogP contribution >= 0.6 is 15.9 Å². The molecule has 2 aromatic carbocycles. The molecule has 0 aliphatic rings. The predicted molar refractivity (Wildman–Crippen MR) is 82.9 cm³/mol. The summed E-state index contributed by atoms with van der Waals surface area (Å²) in [5, 5.41) is 0.